The zero-order valence-electron chi connectivity index (χ0n) is 9.77. The molecule has 4 heteroatoms. The lowest BCUT2D eigenvalue weighted by Gasteiger charge is -2.16. The highest BCUT2D eigenvalue weighted by molar-refractivity contribution is 5.14. The van der Waals surface area contributed by atoms with E-state index in [1.54, 1.807) is 13.8 Å². The maximum absolute atomic E-state index is 10.7. The van der Waals surface area contributed by atoms with Gasteiger partial charge in [0.25, 0.3) is 0 Å². The van der Waals surface area contributed by atoms with Crippen LogP contribution >= 0.6 is 0 Å². The van der Waals surface area contributed by atoms with Crippen molar-refractivity contribution in [3.63, 3.8) is 0 Å². The Hall–Kier alpha value is -1.42. The van der Waals surface area contributed by atoms with Gasteiger partial charge in [0, 0.05) is 18.8 Å². The smallest absolute Gasteiger partial charge is 0.228 e. The van der Waals surface area contributed by atoms with Gasteiger partial charge in [0.2, 0.25) is 5.54 Å². The van der Waals surface area contributed by atoms with E-state index in [9.17, 15) is 10.1 Å². The van der Waals surface area contributed by atoms with Crippen LogP contribution in [-0.2, 0) is 6.42 Å². The SMILES string of the molecule is CC(C)(CNCCc1ccccc1)[N+](=O)[O-]. The predicted molar refractivity (Wildman–Crippen MR) is 64.1 cm³/mol. The molecule has 0 aliphatic rings. The van der Waals surface area contributed by atoms with Gasteiger partial charge >= 0.3 is 0 Å². The van der Waals surface area contributed by atoms with Crippen molar-refractivity contribution in [1.29, 1.82) is 0 Å². The van der Waals surface area contributed by atoms with Crippen LogP contribution in [0.1, 0.15) is 19.4 Å². The summed E-state index contributed by atoms with van der Waals surface area (Å²) in [5.41, 5.74) is 0.352. The molecule has 1 N–H and O–H groups in total. The molecule has 1 aromatic rings. The number of nitrogens with one attached hydrogen (secondary N) is 1. The van der Waals surface area contributed by atoms with E-state index < -0.39 is 5.54 Å². The van der Waals surface area contributed by atoms with Crippen molar-refractivity contribution in [2.75, 3.05) is 13.1 Å². The van der Waals surface area contributed by atoms with E-state index >= 15 is 0 Å². The van der Waals surface area contributed by atoms with Crippen molar-refractivity contribution in [3.8, 4) is 0 Å². The van der Waals surface area contributed by atoms with Crippen LogP contribution in [0, 0.1) is 10.1 Å². The summed E-state index contributed by atoms with van der Waals surface area (Å²) in [4.78, 5) is 10.4. The van der Waals surface area contributed by atoms with E-state index in [-0.39, 0.29) is 4.92 Å². The Morgan fingerprint density at radius 1 is 1.31 bits per heavy atom. The van der Waals surface area contributed by atoms with Gasteiger partial charge in [-0.2, -0.15) is 0 Å². The molecule has 0 aliphatic heterocycles. The van der Waals surface area contributed by atoms with Crippen molar-refractivity contribution < 1.29 is 4.92 Å². The van der Waals surface area contributed by atoms with Crippen LogP contribution in [0.25, 0.3) is 0 Å². The maximum Gasteiger partial charge on any atom is 0.228 e. The van der Waals surface area contributed by atoms with Crippen LogP contribution in [0.4, 0.5) is 0 Å². The first kappa shape index (κ1) is 12.6. The topological polar surface area (TPSA) is 55.2 Å². The Kier molecular flexibility index (Phi) is 4.43. The van der Waals surface area contributed by atoms with E-state index in [4.69, 9.17) is 0 Å². The molecule has 0 bridgehead atoms. The zero-order valence-corrected chi connectivity index (χ0v) is 9.77. The number of hydrogen-bond donors (Lipinski definition) is 1. The summed E-state index contributed by atoms with van der Waals surface area (Å²) in [5, 5.41) is 13.8. The van der Waals surface area contributed by atoms with Gasteiger partial charge in [-0.1, -0.05) is 30.3 Å². The van der Waals surface area contributed by atoms with Crippen LogP contribution < -0.4 is 5.32 Å². The average Bonchev–Trinajstić information content (AvgIpc) is 2.26. The van der Waals surface area contributed by atoms with Gasteiger partial charge in [0.1, 0.15) is 0 Å². The Bertz CT molecular complexity index is 336. The lowest BCUT2D eigenvalue weighted by Crippen LogP contribution is -2.42. The summed E-state index contributed by atoms with van der Waals surface area (Å²) < 4.78 is 0. The lowest BCUT2D eigenvalue weighted by molar-refractivity contribution is -0.558. The van der Waals surface area contributed by atoms with Gasteiger partial charge in [-0.25, -0.2) is 0 Å². The normalized spacial score (nSPS) is 11.4. The average molecular weight is 222 g/mol. The highest BCUT2D eigenvalue weighted by Gasteiger charge is 2.29. The number of rotatable bonds is 6. The second-order valence-corrected chi connectivity index (χ2v) is 4.48. The van der Waals surface area contributed by atoms with Crippen LogP contribution in [0.3, 0.4) is 0 Å². The summed E-state index contributed by atoms with van der Waals surface area (Å²) >= 11 is 0. The van der Waals surface area contributed by atoms with Gasteiger partial charge in [-0.15, -0.1) is 0 Å². The van der Waals surface area contributed by atoms with Gasteiger partial charge < -0.3 is 5.32 Å². The summed E-state index contributed by atoms with van der Waals surface area (Å²) in [6, 6.07) is 10.1. The second kappa shape index (κ2) is 5.61. The first-order valence-corrected chi connectivity index (χ1v) is 5.41. The van der Waals surface area contributed by atoms with Gasteiger partial charge in [0.15, 0.2) is 0 Å². The van der Waals surface area contributed by atoms with Crippen molar-refractivity contribution in [2.45, 2.75) is 25.8 Å². The molecular weight excluding hydrogens is 204 g/mol. The first-order chi connectivity index (χ1) is 7.52. The standard InChI is InChI=1S/C12H18N2O2/c1-12(2,14(15)16)10-13-9-8-11-6-4-3-5-7-11/h3-7,13H,8-10H2,1-2H3. The quantitative estimate of drug-likeness (QED) is 0.454. The largest absolute Gasteiger partial charge is 0.310 e. The molecule has 4 nitrogen and oxygen atoms in total. The number of nitrogens with zero attached hydrogens (tertiary/aromatic N) is 1. The molecular formula is C12H18N2O2. The van der Waals surface area contributed by atoms with Gasteiger partial charge in [-0.05, 0) is 18.5 Å². The van der Waals surface area contributed by atoms with E-state index in [0.29, 0.717) is 6.54 Å². The fourth-order valence-electron chi connectivity index (χ4n) is 1.34. The molecule has 0 aliphatic carbocycles. The first-order valence-electron chi connectivity index (χ1n) is 5.41. The third-order valence-corrected chi connectivity index (χ3v) is 2.49. The Morgan fingerprint density at radius 3 is 2.50 bits per heavy atom. The van der Waals surface area contributed by atoms with Crippen LogP contribution in [0.5, 0.6) is 0 Å². The molecule has 0 atom stereocenters. The lowest BCUT2D eigenvalue weighted by atomic mass is 10.1. The van der Waals surface area contributed by atoms with E-state index in [1.165, 1.54) is 5.56 Å². The fourth-order valence-corrected chi connectivity index (χ4v) is 1.34. The molecule has 0 amide bonds. The Morgan fingerprint density at radius 2 is 1.94 bits per heavy atom. The van der Waals surface area contributed by atoms with Crippen molar-refractivity contribution in [2.24, 2.45) is 0 Å². The molecule has 88 valence electrons. The Labute approximate surface area is 95.8 Å². The molecule has 0 heterocycles. The minimum Gasteiger partial charge on any atom is -0.310 e. The molecule has 0 fully saturated rings. The highest BCUT2D eigenvalue weighted by Crippen LogP contribution is 2.05. The van der Waals surface area contributed by atoms with Crippen LogP contribution in [0.2, 0.25) is 0 Å². The molecule has 0 saturated carbocycles. The van der Waals surface area contributed by atoms with E-state index in [0.717, 1.165) is 13.0 Å². The van der Waals surface area contributed by atoms with Gasteiger partial charge in [0.05, 0.1) is 6.54 Å². The van der Waals surface area contributed by atoms with E-state index in [1.807, 2.05) is 18.2 Å². The van der Waals surface area contributed by atoms with Crippen molar-refractivity contribution >= 4 is 0 Å². The van der Waals surface area contributed by atoms with Crippen molar-refractivity contribution in [1.82, 2.24) is 5.32 Å². The monoisotopic (exact) mass is 222 g/mol. The Balaban J connectivity index is 2.25. The fraction of sp³-hybridized carbons (Fsp3) is 0.500. The summed E-state index contributed by atoms with van der Waals surface area (Å²) in [5.74, 6) is 0. The van der Waals surface area contributed by atoms with Crippen LogP contribution in [-0.4, -0.2) is 23.6 Å². The third-order valence-electron chi connectivity index (χ3n) is 2.49. The van der Waals surface area contributed by atoms with Crippen molar-refractivity contribution in [3.05, 3.63) is 46.0 Å². The highest BCUT2D eigenvalue weighted by atomic mass is 16.6. The molecule has 0 radical (unpaired) electrons. The molecule has 1 rings (SSSR count). The predicted octanol–water partition coefficient (Wildman–Crippen LogP) is 1.87. The van der Waals surface area contributed by atoms with Gasteiger partial charge in [-0.3, -0.25) is 10.1 Å². The van der Waals surface area contributed by atoms with E-state index in [2.05, 4.69) is 17.4 Å². The maximum atomic E-state index is 10.7. The molecule has 1 aromatic carbocycles. The number of nitro groups is 1. The molecule has 0 aromatic heterocycles. The molecule has 0 spiro atoms. The number of hydrogen-bond acceptors (Lipinski definition) is 3. The minimum atomic E-state index is -0.892. The summed E-state index contributed by atoms with van der Waals surface area (Å²) in [6.07, 6.45) is 0.897. The number of benzene rings is 1. The molecule has 0 saturated heterocycles. The van der Waals surface area contributed by atoms with Crippen LogP contribution in [0.15, 0.2) is 30.3 Å². The molecule has 0 unspecified atom stereocenters. The zero-order chi connectivity index (χ0) is 12.0. The second-order valence-electron chi connectivity index (χ2n) is 4.48. The summed E-state index contributed by atoms with van der Waals surface area (Å²) in [6.45, 7) is 4.42. The summed E-state index contributed by atoms with van der Waals surface area (Å²) in [7, 11) is 0. The molecule has 16 heavy (non-hydrogen) atoms. The third kappa shape index (κ3) is 3.98. The minimum absolute atomic E-state index is 0.248.